The smallest absolute Gasteiger partial charge is 0.173 e. The van der Waals surface area contributed by atoms with E-state index in [-0.39, 0.29) is 5.25 Å². The number of benzene rings is 1. The van der Waals surface area contributed by atoms with Crippen molar-refractivity contribution in [2.75, 3.05) is 0 Å². The number of nitrogens with zero attached hydrogens (tertiary/aromatic N) is 2. The Labute approximate surface area is 117 Å². The Balaban J connectivity index is 1.82. The van der Waals surface area contributed by atoms with Crippen molar-refractivity contribution in [3.05, 3.63) is 42.7 Å². The minimum absolute atomic E-state index is 0.0820. The van der Waals surface area contributed by atoms with E-state index >= 15 is 0 Å². The van der Waals surface area contributed by atoms with Crippen LogP contribution in [-0.4, -0.2) is 20.6 Å². The van der Waals surface area contributed by atoms with Crippen molar-refractivity contribution in [3.8, 4) is 5.69 Å². The molecule has 98 valence electrons. The van der Waals surface area contributed by atoms with Crippen molar-refractivity contribution in [2.24, 2.45) is 0 Å². The third-order valence-corrected chi connectivity index (χ3v) is 4.68. The number of aromatic nitrogens is 2. The summed E-state index contributed by atoms with van der Waals surface area (Å²) in [6, 6.07) is 10.1. The summed E-state index contributed by atoms with van der Waals surface area (Å²) >= 11 is 1.60. The zero-order valence-corrected chi connectivity index (χ0v) is 11.5. The Kier molecular flexibility index (Phi) is 3.69. The number of carbonyl (C=O) groups excluding carboxylic acids is 1. The first-order valence-electron chi connectivity index (χ1n) is 6.63. The normalized spacial score (nSPS) is 19.6. The molecule has 0 spiro atoms. The molecular formula is C15H16N2OS. The predicted octanol–water partition coefficient (Wildman–Crippen LogP) is 3.48. The summed E-state index contributed by atoms with van der Waals surface area (Å²) in [7, 11) is 0. The van der Waals surface area contributed by atoms with E-state index in [0.29, 0.717) is 5.78 Å². The second-order valence-corrected chi connectivity index (χ2v) is 5.90. The van der Waals surface area contributed by atoms with Gasteiger partial charge in [0.15, 0.2) is 5.16 Å². The number of rotatable bonds is 3. The Hall–Kier alpha value is -1.55. The van der Waals surface area contributed by atoms with Crippen molar-refractivity contribution in [2.45, 2.75) is 36.1 Å². The van der Waals surface area contributed by atoms with E-state index in [9.17, 15) is 4.79 Å². The van der Waals surface area contributed by atoms with Crippen LogP contribution in [0.3, 0.4) is 0 Å². The molecule has 1 aliphatic carbocycles. The molecule has 19 heavy (non-hydrogen) atoms. The minimum Gasteiger partial charge on any atom is -0.298 e. The van der Waals surface area contributed by atoms with Crippen molar-refractivity contribution < 1.29 is 4.79 Å². The minimum atomic E-state index is 0.0820. The Bertz CT molecular complexity index is 565. The van der Waals surface area contributed by atoms with Gasteiger partial charge in [-0.05, 0) is 25.0 Å². The van der Waals surface area contributed by atoms with Gasteiger partial charge in [0.2, 0.25) is 0 Å². The molecule has 1 unspecified atom stereocenters. The number of hydrogen-bond acceptors (Lipinski definition) is 3. The number of ketones is 1. The Morgan fingerprint density at radius 3 is 2.84 bits per heavy atom. The predicted molar refractivity (Wildman–Crippen MR) is 76.7 cm³/mol. The van der Waals surface area contributed by atoms with Crippen molar-refractivity contribution >= 4 is 17.5 Å². The van der Waals surface area contributed by atoms with E-state index in [1.54, 1.807) is 18.0 Å². The maximum atomic E-state index is 11.9. The molecule has 0 saturated heterocycles. The van der Waals surface area contributed by atoms with Gasteiger partial charge in [-0.2, -0.15) is 0 Å². The average Bonchev–Trinajstić information content (AvgIpc) is 2.91. The van der Waals surface area contributed by atoms with E-state index in [1.165, 1.54) is 0 Å². The lowest BCUT2D eigenvalue weighted by Crippen LogP contribution is -2.21. The SMILES string of the molecule is O=C1CCCCC1Sc1nccn1-c1ccccc1. The first kappa shape index (κ1) is 12.5. The average molecular weight is 272 g/mol. The highest BCUT2D eigenvalue weighted by Crippen LogP contribution is 2.31. The van der Waals surface area contributed by atoms with Crippen LogP contribution >= 0.6 is 11.8 Å². The van der Waals surface area contributed by atoms with Gasteiger partial charge in [0, 0.05) is 24.5 Å². The first-order valence-corrected chi connectivity index (χ1v) is 7.51. The number of hydrogen-bond donors (Lipinski definition) is 0. The number of para-hydroxylation sites is 1. The highest BCUT2D eigenvalue weighted by atomic mass is 32.2. The number of thioether (sulfide) groups is 1. The maximum absolute atomic E-state index is 11.9. The van der Waals surface area contributed by atoms with Gasteiger partial charge in [-0.25, -0.2) is 4.98 Å². The van der Waals surface area contributed by atoms with E-state index in [1.807, 2.05) is 29.0 Å². The third kappa shape index (κ3) is 2.73. The van der Waals surface area contributed by atoms with E-state index in [0.717, 1.165) is 36.5 Å². The molecule has 1 saturated carbocycles. The topological polar surface area (TPSA) is 34.9 Å². The van der Waals surface area contributed by atoms with Crippen LogP contribution < -0.4 is 0 Å². The molecule has 0 bridgehead atoms. The van der Waals surface area contributed by atoms with Crippen molar-refractivity contribution in [1.82, 2.24) is 9.55 Å². The monoisotopic (exact) mass is 272 g/mol. The van der Waals surface area contributed by atoms with Crippen LogP contribution in [0, 0.1) is 0 Å². The van der Waals surface area contributed by atoms with Crippen LogP contribution in [0.25, 0.3) is 5.69 Å². The van der Waals surface area contributed by atoms with Gasteiger partial charge >= 0.3 is 0 Å². The summed E-state index contributed by atoms with van der Waals surface area (Å²) in [5.74, 6) is 0.374. The Morgan fingerprint density at radius 2 is 2.05 bits per heavy atom. The highest BCUT2D eigenvalue weighted by molar-refractivity contribution is 8.00. The maximum Gasteiger partial charge on any atom is 0.173 e. The van der Waals surface area contributed by atoms with Gasteiger partial charge in [0.1, 0.15) is 5.78 Å². The van der Waals surface area contributed by atoms with Crippen LogP contribution in [0.4, 0.5) is 0 Å². The first-order chi connectivity index (χ1) is 9.34. The van der Waals surface area contributed by atoms with Crippen LogP contribution in [0.2, 0.25) is 0 Å². The summed E-state index contributed by atoms with van der Waals surface area (Å²) in [5, 5.41) is 0.991. The lowest BCUT2D eigenvalue weighted by atomic mass is 9.99. The van der Waals surface area contributed by atoms with Gasteiger partial charge in [0.05, 0.1) is 5.25 Å². The van der Waals surface area contributed by atoms with E-state index in [4.69, 9.17) is 0 Å². The third-order valence-electron chi connectivity index (χ3n) is 3.39. The van der Waals surface area contributed by atoms with Crippen LogP contribution in [0.5, 0.6) is 0 Å². The zero-order valence-electron chi connectivity index (χ0n) is 10.7. The molecule has 1 atom stereocenters. The summed E-state index contributed by atoms with van der Waals surface area (Å²) in [5.41, 5.74) is 1.09. The fraction of sp³-hybridized carbons (Fsp3) is 0.333. The van der Waals surface area contributed by atoms with Crippen molar-refractivity contribution in [3.63, 3.8) is 0 Å². The molecule has 0 radical (unpaired) electrons. The lowest BCUT2D eigenvalue weighted by Gasteiger charge is -2.19. The zero-order chi connectivity index (χ0) is 13.1. The van der Waals surface area contributed by atoms with Gasteiger partial charge in [0.25, 0.3) is 0 Å². The molecule has 0 aliphatic heterocycles. The van der Waals surface area contributed by atoms with Gasteiger partial charge < -0.3 is 0 Å². The molecule has 1 fully saturated rings. The molecule has 3 nitrogen and oxygen atoms in total. The largest absolute Gasteiger partial charge is 0.298 e. The van der Waals surface area contributed by atoms with Gasteiger partial charge in [-0.1, -0.05) is 36.4 Å². The fourth-order valence-electron chi connectivity index (χ4n) is 2.36. The van der Waals surface area contributed by atoms with Crippen LogP contribution in [0.1, 0.15) is 25.7 Å². The molecular weight excluding hydrogens is 256 g/mol. The van der Waals surface area contributed by atoms with E-state index < -0.39 is 0 Å². The number of imidazole rings is 1. The molecule has 1 aromatic carbocycles. The van der Waals surface area contributed by atoms with Gasteiger partial charge in [-0.3, -0.25) is 9.36 Å². The summed E-state index contributed by atoms with van der Waals surface area (Å²) in [6.45, 7) is 0. The lowest BCUT2D eigenvalue weighted by molar-refractivity contribution is -0.119. The second-order valence-electron chi connectivity index (χ2n) is 4.73. The van der Waals surface area contributed by atoms with Gasteiger partial charge in [-0.15, -0.1) is 0 Å². The summed E-state index contributed by atoms with van der Waals surface area (Å²) in [6.07, 6.45) is 7.64. The highest BCUT2D eigenvalue weighted by Gasteiger charge is 2.24. The molecule has 1 aromatic heterocycles. The quantitative estimate of drug-likeness (QED) is 0.858. The second kappa shape index (κ2) is 5.61. The molecule has 0 amide bonds. The summed E-state index contributed by atoms with van der Waals surface area (Å²) < 4.78 is 2.05. The van der Waals surface area contributed by atoms with Crippen molar-refractivity contribution in [1.29, 1.82) is 0 Å². The molecule has 0 N–H and O–H groups in total. The molecule has 2 aromatic rings. The Morgan fingerprint density at radius 1 is 1.21 bits per heavy atom. The molecule has 1 heterocycles. The van der Waals surface area contributed by atoms with E-state index in [2.05, 4.69) is 17.1 Å². The number of carbonyl (C=O) groups is 1. The summed E-state index contributed by atoms with van der Waals surface area (Å²) in [4.78, 5) is 16.3. The number of Topliss-reactive ketones (excluding diaryl/α,β-unsaturated/α-hetero) is 1. The van der Waals surface area contributed by atoms with Crippen LogP contribution in [0.15, 0.2) is 47.9 Å². The molecule has 1 aliphatic rings. The molecule has 3 rings (SSSR count). The van der Waals surface area contributed by atoms with Crippen LogP contribution in [-0.2, 0) is 4.79 Å². The fourth-order valence-corrected chi connectivity index (χ4v) is 3.55. The molecule has 4 heteroatoms. The standard InChI is InChI=1S/C15H16N2OS/c18-13-8-4-5-9-14(13)19-15-16-10-11-17(15)12-6-2-1-3-7-12/h1-3,6-7,10-11,14H,4-5,8-9H2.